The summed E-state index contributed by atoms with van der Waals surface area (Å²) >= 11 is 0. The number of aldehydes is 1. The molecule has 0 unspecified atom stereocenters. The average Bonchev–Trinajstić information content (AvgIpc) is 3.02. The van der Waals surface area contributed by atoms with E-state index < -0.39 is 0 Å². The van der Waals surface area contributed by atoms with Crippen LogP contribution in [0.4, 0.5) is 0 Å². The Morgan fingerprint density at radius 3 is 1.64 bits per heavy atom. The molecule has 0 bridgehead atoms. The largest absolute Gasteiger partial charge is 0.392 e. The SMILES string of the molecule is C=C(C=O)CO.CC.CCCCCC1CCC(c2ccc(-c3ccc(C4CCC(OC)CC4)cc3)cc2)CC1. The van der Waals surface area contributed by atoms with Gasteiger partial charge in [0.2, 0.25) is 0 Å². The summed E-state index contributed by atoms with van der Waals surface area (Å²) in [7, 11) is 1.85. The van der Waals surface area contributed by atoms with Crippen molar-refractivity contribution in [3.63, 3.8) is 0 Å². The Labute approximate surface area is 239 Å². The molecule has 0 aliphatic heterocycles. The van der Waals surface area contributed by atoms with Crippen LogP contribution in [0.5, 0.6) is 0 Å². The van der Waals surface area contributed by atoms with Crippen LogP contribution >= 0.6 is 0 Å². The van der Waals surface area contributed by atoms with Crippen LogP contribution in [-0.4, -0.2) is 31.2 Å². The summed E-state index contributed by atoms with van der Waals surface area (Å²) in [5.74, 6) is 2.48. The van der Waals surface area contributed by atoms with Crippen molar-refractivity contribution in [1.29, 1.82) is 0 Å². The molecule has 2 aromatic rings. The van der Waals surface area contributed by atoms with Crippen molar-refractivity contribution < 1.29 is 14.6 Å². The quantitative estimate of drug-likeness (QED) is 0.187. The molecule has 0 aromatic heterocycles. The lowest BCUT2D eigenvalue weighted by Crippen LogP contribution is -2.19. The van der Waals surface area contributed by atoms with E-state index in [2.05, 4.69) is 62.0 Å². The van der Waals surface area contributed by atoms with Crippen LogP contribution in [-0.2, 0) is 9.53 Å². The number of ether oxygens (including phenoxy) is 1. The van der Waals surface area contributed by atoms with E-state index in [1.165, 1.54) is 93.7 Å². The molecule has 4 rings (SSSR count). The van der Waals surface area contributed by atoms with Gasteiger partial charge < -0.3 is 9.84 Å². The first-order valence-corrected chi connectivity index (χ1v) is 15.5. The van der Waals surface area contributed by atoms with E-state index >= 15 is 0 Å². The maximum atomic E-state index is 9.48. The Bertz CT molecular complexity index is 915. The monoisotopic (exact) mass is 534 g/mol. The molecule has 1 N–H and O–H groups in total. The van der Waals surface area contributed by atoms with Gasteiger partial charge in [0, 0.05) is 12.7 Å². The maximum absolute atomic E-state index is 9.48. The number of carbonyl (C=O) groups is 1. The van der Waals surface area contributed by atoms with Crippen LogP contribution in [0, 0.1) is 5.92 Å². The van der Waals surface area contributed by atoms with Gasteiger partial charge in [0.1, 0.15) is 6.29 Å². The highest BCUT2D eigenvalue weighted by atomic mass is 16.5. The van der Waals surface area contributed by atoms with E-state index in [-0.39, 0.29) is 12.2 Å². The smallest absolute Gasteiger partial charge is 0.147 e. The second-order valence-corrected chi connectivity index (χ2v) is 11.1. The van der Waals surface area contributed by atoms with E-state index in [1.807, 2.05) is 21.0 Å². The van der Waals surface area contributed by atoms with E-state index in [1.54, 1.807) is 5.56 Å². The lowest BCUT2D eigenvalue weighted by atomic mass is 9.77. The summed E-state index contributed by atoms with van der Waals surface area (Å²) in [6.07, 6.45) is 17.2. The summed E-state index contributed by atoms with van der Waals surface area (Å²) in [6, 6.07) is 18.9. The van der Waals surface area contributed by atoms with Crippen LogP contribution in [0.25, 0.3) is 11.1 Å². The van der Waals surface area contributed by atoms with Crippen molar-refractivity contribution in [3.8, 4) is 11.1 Å². The summed E-state index contributed by atoms with van der Waals surface area (Å²) in [6.45, 7) is 9.25. The Hall–Kier alpha value is -2.23. The fourth-order valence-electron chi connectivity index (χ4n) is 6.03. The van der Waals surface area contributed by atoms with Crippen molar-refractivity contribution in [1.82, 2.24) is 0 Å². The molecule has 2 aromatic carbocycles. The van der Waals surface area contributed by atoms with E-state index in [9.17, 15) is 4.79 Å². The van der Waals surface area contributed by atoms with Gasteiger partial charge in [0.15, 0.2) is 0 Å². The standard InChI is InChI=1S/C30H42O.C4H6O2.C2H6/c1-3-4-5-6-23-7-9-24(10-8-23)25-11-13-26(14-12-25)27-15-17-28(18-16-27)29-19-21-30(31-2)22-20-29;1-4(2-5)3-6;1-2/h11-18,23-24,29-30H,3-10,19-22H2,1-2H3;2,6H,1,3H2;1-2H3. The highest BCUT2D eigenvalue weighted by Gasteiger charge is 2.23. The predicted octanol–water partition coefficient (Wildman–Crippen LogP) is 9.64. The first kappa shape index (κ1) is 33.0. The van der Waals surface area contributed by atoms with Crippen molar-refractivity contribution in [2.45, 2.75) is 116 Å². The van der Waals surface area contributed by atoms with Gasteiger partial charge >= 0.3 is 0 Å². The molecule has 0 spiro atoms. The summed E-state index contributed by atoms with van der Waals surface area (Å²) in [4.78, 5) is 9.48. The summed E-state index contributed by atoms with van der Waals surface area (Å²) in [5, 5.41) is 8.00. The number of benzene rings is 2. The molecule has 216 valence electrons. The lowest BCUT2D eigenvalue weighted by Gasteiger charge is -2.29. The molecule has 3 heteroatoms. The molecule has 0 amide bonds. The highest BCUT2D eigenvalue weighted by Crippen LogP contribution is 2.39. The van der Waals surface area contributed by atoms with Gasteiger partial charge in [-0.1, -0.05) is 102 Å². The predicted molar refractivity (Wildman–Crippen MR) is 166 cm³/mol. The third-order valence-electron chi connectivity index (χ3n) is 8.54. The van der Waals surface area contributed by atoms with E-state index in [4.69, 9.17) is 9.84 Å². The van der Waals surface area contributed by atoms with Crippen LogP contribution in [0.1, 0.15) is 121 Å². The number of hydrogen-bond acceptors (Lipinski definition) is 3. The Morgan fingerprint density at radius 2 is 1.28 bits per heavy atom. The number of carbonyl (C=O) groups excluding carboxylic acids is 1. The molecule has 0 radical (unpaired) electrons. The van der Waals surface area contributed by atoms with Crippen LogP contribution in [0.15, 0.2) is 60.7 Å². The number of aliphatic hydroxyl groups excluding tert-OH is 1. The van der Waals surface area contributed by atoms with E-state index in [0.29, 0.717) is 18.3 Å². The first-order chi connectivity index (χ1) is 19.1. The van der Waals surface area contributed by atoms with Gasteiger partial charge in [-0.15, -0.1) is 0 Å². The number of aliphatic hydroxyl groups is 1. The van der Waals surface area contributed by atoms with Crippen molar-refractivity contribution >= 4 is 6.29 Å². The molecule has 39 heavy (non-hydrogen) atoms. The number of hydrogen-bond donors (Lipinski definition) is 1. The summed E-state index contributed by atoms with van der Waals surface area (Å²) < 4.78 is 5.53. The second-order valence-electron chi connectivity index (χ2n) is 11.1. The first-order valence-electron chi connectivity index (χ1n) is 15.5. The minimum absolute atomic E-state index is 0.218. The molecular weight excluding hydrogens is 480 g/mol. The molecule has 2 saturated carbocycles. The fourth-order valence-corrected chi connectivity index (χ4v) is 6.03. The van der Waals surface area contributed by atoms with E-state index in [0.717, 1.165) is 11.8 Å². The molecular formula is C36H54O3. The highest BCUT2D eigenvalue weighted by molar-refractivity contribution is 5.72. The van der Waals surface area contributed by atoms with Crippen LogP contribution < -0.4 is 0 Å². The van der Waals surface area contributed by atoms with Crippen LogP contribution in [0.3, 0.4) is 0 Å². The van der Waals surface area contributed by atoms with Gasteiger partial charge in [-0.25, -0.2) is 0 Å². The molecule has 2 fully saturated rings. The Kier molecular flexibility index (Phi) is 16.0. The fraction of sp³-hybridized carbons (Fsp3) is 0.583. The Balaban J connectivity index is 0.000000590. The third kappa shape index (κ3) is 11.0. The average molecular weight is 535 g/mol. The molecule has 0 heterocycles. The molecule has 0 saturated heterocycles. The second kappa shape index (κ2) is 19.0. The maximum Gasteiger partial charge on any atom is 0.147 e. The van der Waals surface area contributed by atoms with Gasteiger partial charge in [-0.3, -0.25) is 4.79 Å². The number of methoxy groups -OCH3 is 1. The third-order valence-corrected chi connectivity index (χ3v) is 8.54. The minimum atomic E-state index is -0.233. The van der Waals surface area contributed by atoms with Crippen molar-refractivity contribution in [3.05, 3.63) is 71.8 Å². The lowest BCUT2D eigenvalue weighted by molar-refractivity contribution is -0.105. The zero-order chi connectivity index (χ0) is 28.5. The normalized spacial score (nSPS) is 22.5. The van der Waals surface area contributed by atoms with Gasteiger partial charge in [-0.05, 0) is 91.4 Å². The van der Waals surface area contributed by atoms with Gasteiger partial charge in [-0.2, -0.15) is 0 Å². The van der Waals surface area contributed by atoms with Gasteiger partial charge in [0.05, 0.1) is 12.7 Å². The minimum Gasteiger partial charge on any atom is -0.392 e. The molecule has 2 aliphatic rings. The van der Waals surface area contributed by atoms with Gasteiger partial charge in [0.25, 0.3) is 0 Å². The zero-order valence-corrected chi connectivity index (χ0v) is 25.2. The Morgan fingerprint density at radius 1 is 0.821 bits per heavy atom. The topological polar surface area (TPSA) is 46.5 Å². The number of unbranched alkanes of at least 4 members (excludes halogenated alkanes) is 2. The van der Waals surface area contributed by atoms with Crippen molar-refractivity contribution in [2.75, 3.05) is 13.7 Å². The van der Waals surface area contributed by atoms with Crippen LogP contribution in [0.2, 0.25) is 0 Å². The zero-order valence-electron chi connectivity index (χ0n) is 25.2. The molecule has 0 atom stereocenters. The van der Waals surface area contributed by atoms with Crippen molar-refractivity contribution in [2.24, 2.45) is 5.92 Å². The molecule has 2 aliphatic carbocycles. The number of rotatable bonds is 10. The summed E-state index contributed by atoms with van der Waals surface area (Å²) in [5.41, 5.74) is 5.98. The molecule has 3 nitrogen and oxygen atoms in total.